The molecule has 1 saturated heterocycles. The van der Waals surface area contributed by atoms with Crippen molar-refractivity contribution >= 4 is 23.8 Å². The van der Waals surface area contributed by atoms with Crippen LogP contribution in [-0.4, -0.2) is 64.5 Å². The quantitative estimate of drug-likeness (QED) is 0.503. The zero-order valence-corrected chi connectivity index (χ0v) is 14.9. The standard InChI is InChI=1S/C16H27N3O6/c1-10(2)25-14(23)11(5-6-13(21)22)18-15(24)16(3)7-4-8-19(16)12(20)9-17/h10-11H,4-9,17H2,1-3H3,(H,18,24)(H,21,22). The summed E-state index contributed by atoms with van der Waals surface area (Å²) in [5.74, 6) is -2.63. The van der Waals surface area contributed by atoms with Gasteiger partial charge in [0.2, 0.25) is 11.8 Å². The summed E-state index contributed by atoms with van der Waals surface area (Å²) in [5.41, 5.74) is 4.28. The summed E-state index contributed by atoms with van der Waals surface area (Å²) in [4.78, 5) is 49.1. The van der Waals surface area contributed by atoms with Gasteiger partial charge in [-0.25, -0.2) is 4.79 Å². The van der Waals surface area contributed by atoms with Crippen LogP contribution in [0.5, 0.6) is 0 Å². The molecule has 1 aliphatic rings. The number of hydrogen-bond acceptors (Lipinski definition) is 6. The van der Waals surface area contributed by atoms with Gasteiger partial charge in [0.05, 0.1) is 12.6 Å². The first-order valence-electron chi connectivity index (χ1n) is 8.35. The van der Waals surface area contributed by atoms with Crippen LogP contribution in [0.4, 0.5) is 0 Å². The second kappa shape index (κ2) is 8.80. The molecule has 0 saturated carbocycles. The molecule has 0 bridgehead atoms. The number of aliphatic carboxylic acids is 1. The van der Waals surface area contributed by atoms with Crippen LogP contribution in [-0.2, 0) is 23.9 Å². The topological polar surface area (TPSA) is 139 Å². The number of nitrogens with one attached hydrogen (secondary N) is 1. The Kier molecular flexibility index (Phi) is 7.35. The average Bonchev–Trinajstić information content (AvgIpc) is 2.92. The maximum atomic E-state index is 12.7. The predicted molar refractivity (Wildman–Crippen MR) is 88.4 cm³/mol. The highest BCUT2D eigenvalue weighted by Crippen LogP contribution is 2.29. The van der Waals surface area contributed by atoms with Gasteiger partial charge in [0, 0.05) is 13.0 Å². The number of likely N-dealkylation sites (tertiary alicyclic amines) is 1. The monoisotopic (exact) mass is 357 g/mol. The van der Waals surface area contributed by atoms with Crippen molar-refractivity contribution in [2.24, 2.45) is 5.73 Å². The summed E-state index contributed by atoms with van der Waals surface area (Å²) in [6, 6.07) is -1.08. The van der Waals surface area contributed by atoms with Gasteiger partial charge in [0.15, 0.2) is 0 Å². The minimum absolute atomic E-state index is 0.0897. The third-order valence-electron chi connectivity index (χ3n) is 4.19. The molecule has 2 unspecified atom stereocenters. The van der Waals surface area contributed by atoms with E-state index in [0.717, 1.165) is 0 Å². The molecule has 0 spiro atoms. The van der Waals surface area contributed by atoms with E-state index in [1.807, 2.05) is 0 Å². The summed E-state index contributed by atoms with van der Waals surface area (Å²) in [7, 11) is 0. The fourth-order valence-corrected chi connectivity index (χ4v) is 2.85. The largest absolute Gasteiger partial charge is 0.481 e. The number of nitrogens with zero attached hydrogens (tertiary/aromatic N) is 1. The molecule has 2 amide bonds. The summed E-state index contributed by atoms with van der Waals surface area (Å²) >= 11 is 0. The molecule has 0 aromatic heterocycles. The predicted octanol–water partition coefficient (Wildman–Crippen LogP) is -0.373. The van der Waals surface area contributed by atoms with Crippen LogP contribution in [0.2, 0.25) is 0 Å². The Labute approximate surface area is 146 Å². The molecule has 9 nitrogen and oxygen atoms in total. The number of carboxylic acid groups (broad SMARTS) is 1. The maximum Gasteiger partial charge on any atom is 0.328 e. The van der Waals surface area contributed by atoms with Gasteiger partial charge in [-0.15, -0.1) is 0 Å². The van der Waals surface area contributed by atoms with Crippen LogP contribution in [0.15, 0.2) is 0 Å². The first kappa shape index (κ1) is 20.9. The molecule has 0 aromatic carbocycles. The van der Waals surface area contributed by atoms with Gasteiger partial charge in [-0.2, -0.15) is 0 Å². The number of carbonyl (C=O) groups excluding carboxylic acids is 3. The lowest BCUT2D eigenvalue weighted by Gasteiger charge is -2.34. The summed E-state index contributed by atoms with van der Waals surface area (Å²) < 4.78 is 5.09. The van der Waals surface area contributed by atoms with E-state index in [0.29, 0.717) is 19.4 Å². The molecule has 142 valence electrons. The molecule has 0 radical (unpaired) electrons. The van der Waals surface area contributed by atoms with E-state index < -0.39 is 35.5 Å². The number of carboxylic acids is 1. The fraction of sp³-hybridized carbons (Fsp3) is 0.750. The molecule has 0 aromatic rings. The smallest absolute Gasteiger partial charge is 0.328 e. The van der Waals surface area contributed by atoms with Crippen molar-refractivity contribution in [3.05, 3.63) is 0 Å². The zero-order chi connectivity index (χ0) is 19.2. The number of nitrogens with two attached hydrogens (primary N) is 1. The number of esters is 1. The van der Waals surface area contributed by atoms with Crippen molar-refractivity contribution in [2.75, 3.05) is 13.1 Å². The van der Waals surface area contributed by atoms with Gasteiger partial charge in [-0.05, 0) is 40.0 Å². The van der Waals surface area contributed by atoms with Crippen molar-refractivity contribution in [3.63, 3.8) is 0 Å². The van der Waals surface area contributed by atoms with Crippen LogP contribution < -0.4 is 11.1 Å². The molecule has 2 atom stereocenters. The second-order valence-electron chi connectivity index (χ2n) is 6.57. The lowest BCUT2D eigenvalue weighted by molar-refractivity contribution is -0.153. The Morgan fingerprint density at radius 1 is 1.32 bits per heavy atom. The van der Waals surface area contributed by atoms with Crippen LogP contribution in [0.1, 0.15) is 46.5 Å². The Morgan fingerprint density at radius 2 is 1.96 bits per heavy atom. The van der Waals surface area contributed by atoms with E-state index in [4.69, 9.17) is 15.6 Å². The highest BCUT2D eigenvalue weighted by molar-refractivity contribution is 5.94. The van der Waals surface area contributed by atoms with Crippen LogP contribution in [0, 0.1) is 0 Å². The number of amides is 2. The molecule has 1 heterocycles. The van der Waals surface area contributed by atoms with Gasteiger partial charge < -0.3 is 25.8 Å². The fourth-order valence-electron chi connectivity index (χ4n) is 2.85. The average molecular weight is 357 g/mol. The summed E-state index contributed by atoms with van der Waals surface area (Å²) in [5, 5.41) is 11.4. The second-order valence-corrected chi connectivity index (χ2v) is 6.57. The van der Waals surface area contributed by atoms with E-state index in [1.165, 1.54) is 4.90 Å². The number of carbonyl (C=O) groups is 4. The van der Waals surface area contributed by atoms with Crippen molar-refractivity contribution in [3.8, 4) is 0 Å². The highest BCUT2D eigenvalue weighted by Gasteiger charge is 2.46. The Balaban J connectivity index is 2.90. The molecular formula is C16H27N3O6. The molecule has 1 aliphatic heterocycles. The normalized spacial score (nSPS) is 21.1. The lowest BCUT2D eigenvalue weighted by atomic mass is 9.96. The van der Waals surface area contributed by atoms with Gasteiger partial charge in [-0.3, -0.25) is 14.4 Å². The van der Waals surface area contributed by atoms with Gasteiger partial charge in [-0.1, -0.05) is 0 Å². The lowest BCUT2D eigenvalue weighted by Crippen LogP contribution is -2.59. The van der Waals surface area contributed by atoms with Gasteiger partial charge in [0.1, 0.15) is 11.6 Å². The van der Waals surface area contributed by atoms with E-state index >= 15 is 0 Å². The minimum Gasteiger partial charge on any atom is -0.481 e. The first-order chi connectivity index (χ1) is 11.6. The molecule has 1 fully saturated rings. The van der Waals surface area contributed by atoms with E-state index in [9.17, 15) is 19.2 Å². The molecule has 0 aliphatic carbocycles. The third kappa shape index (κ3) is 5.42. The third-order valence-corrected chi connectivity index (χ3v) is 4.19. The van der Waals surface area contributed by atoms with E-state index in [1.54, 1.807) is 20.8 Å². The van der Waals surface area contributed by atoms with Crippen molar-refractivity contribution < 1.29 is 29.0 Å². The van der Waals surface area contributed by atoms with Crippen LogP contribution >= 0.6 is 0 Å². The number of hydrogen-bond donors (Lipinski definition) is 3. The van der Waals surface area contributed by atoms with Crippen molar-refractivity contribution in [1.29, 1.82) is 0 Å². The Bertz CT molecular complexity index is 536. The Morgan fingerprint density at radius 3 is 2.48 bits per heavy atom. The number of ether oxygens (including phenoxy) is 1. The van der Waals surface area contributed by atoms with Gasteiger partial charge in [0.25, 0.3) is 0 Å². The van der Waals surface area contributed by atoms with Crippen molar-refractivity contribution in [2.45, 2.75) is 64.1 Å². The maximum absolute atomic E-state index is 12.7. The first-order valence-corrected chi connectivity index (χ1v) is 8.35. The Hall–Kier alpha value is -2.16. The van der Waals surface area contributed by atoms with Crippen LogP contribution in [0.25, 0.3) is 0 Å². The molecule has 25 heavy (non-hydrogen) atoms. The molecule has 1 rings (SSSR count). The molecular weight excluding hydrogens is 330 g/mol. The SMILES string of the molecule is CC(C)OC(=O)C(CCC(=O)O)NC(=O)C1(C)CCCN1C(=O)CN. The van der Waals surface area contributed by atoms with Crippen LogP contribution in [0.3, 0.4) is 0 Å². The highest BCUT2D eigenvalue weighted by atomic mass is 16.5. The van der Waals surface area contributed by atoms with E-state index in [2.05, 4.69) is 5.32 Å². The summed E-state index contributed by atoms with van der Waals surface area (Å²) in [6.45, 7) is 5.14. The molecule has 9 heteroatoms. The van der Waals surface area contributed by atoms with E-state index in [-0.39, 0.29) is 25.3 Å². The summed E-state index contributed by atoms with van der Waals surface area (Å²) in [6.07, 6.45) is 0.309. The molecule has 4 N–H and O–H groups in total. The zero-order valence-electron chi connectivity index (χ0n) is 14.9. The minimum atomic E-state index is -1.12. The van der Waals surface area contributed by atoms with Crippen molar-refractivity contribution in [1.82, 2.24) is 10.2 Å². The number of rotatable bonds is 8. The van der Waals surface area contributed by atoms with Gasteiger partial charge >= 0.3 is 11.9 Å².